The van der Waals surface area contributed by atoms with Gasteiger partial charge in [-0.1, -0.05) is 60.2 Å². The van der Waals surface area contributed by atoms with E-state index in [1.54, 1.807) is 34.0 Å². The molecule has 0 amide bonds. The molecular formula is C36H26O2S5. The Bertz CT molecular complexity index is 2050. The van der Waals surface area contributed by atoms with Crippen molar-refractivity contribution in [3.8, 4) is 59.9 Å². The van der Waals surface area contributed by atoms with Gasteiger partial charge < -0.3 is 5.11 Å². The third kappa shape index (κ3) is 5.84. The quantitative estimate of drug-likeness (QED) is 0.178. The first-order valence-electron chi connectivity index (χ1n) is 13.8. The van der Waals surface area contributed by atoms with Gasteiger partial charge in [-0.05, 0) is 84.6 Å². The summed E-state index contributed by atoms with van der Waals surface area (Å²) in [7, 11) is 0. The molecule has 0 bridgehead atoms. The topological polar surface area (TPSA) is 37.3 Å². The number of rotatable bonds is 8. The Morgan fingerprint density at radius 3 is 1.70 bits per heavy atom. The summed E-state index contributed by atoms with van der Waals surface area (Å²) >= 11 is 8.88. The highest BCUT2D eigenvalue weighted by molar-refractivity contribution is 7.30. The Kier molecular flexibility index (Phi) is 7.76. The Morgan fingerprint density at radius 2 is 1.05 bits per heavy atom. The van der Waals surface area contributed by atoms with Crippen molar-refractivity contribution in [3.63, 3.8) is 0 Å². The van der Waals surface area contributed by atoms with Gasteiger partial charge in [0.05, 0.1) is 6.42 Å². The van der Waals surface area contributed by atoms with Gasteiger partial charge in [-0.2, -0.15) is 0 Å². The van der Waals surface area contributed by atoms with Crippen LogP contribution in [0.1, 0.15) is 16.7 Å². The maximum atomic E-state index is 11.8. The lowest BCUT2D eigenvalue weighted by atomic mass is 10.1. The normalized spacial score (nSPS) is 11.3. The van der Waals surface area contributed by atoms with E-state index < -0.39 is 5.97 Å². The van der Waals surface area contributed by atoms with Crippen LogP contribution in [0.25, 0.3) is 59.9 Å². The summed E-state index contributed by atoms with van der Waals surface area (Å²) in [6.07, 6.45) is 0.0154. The average molecular weight is 651 g/mol. The van der Waals surface area contributed by atoms with Crippen molar-refractivity contribution in [1.82, 2.24) is 0 Å². The SMILES string of the molecule is Cc1ccc(-c2ccc(-c3sc(-c4ccc(-c5cc(CC(=O)O)c(-c6ccc(-c7ccccc7)s6)s5)s4)cc3C)s2)cc1. The monoisotopic (exact) mass is 650 g/mol. The molecule has 7 aromatic rings. The summed E-state index contributed by atoms with van der Waals surface area (Å²) in [5.41, 5.74) is 5.88. The van der Waals surface area contributed by atoms with Gasteiger partial charge >= 0.3 is 5.97 Å². The number of thiophene rings is 5. The van der Waals surface area contributed by atoms with Crippen LogP contribution in [0.2, 0.25) is 0 Å². The Labute approximate surface area is 270 Å². The van der Waals surface area contributed by atoms with Crippen molar-refractivity contribution in [3.05, 3.63) is 120 Å². The fraction of sp³-hybridized carbons (Fsp3) is 0.0833. The zero-order chi connectivity index (χ0) is 29.5. The third-order valence-electron chi connectivity index (χ3n) is 7.21. The molecule has 0 aliphatic rings. The van der Waals surface area contributed by atoms with Gasteiger partial charge in [0.2, 0.25) is 0 Å². The van der Waals surface area contributed by atoms with Gasteiger partial charge in [0.1, 0.15) is 0 Å². The second-order valence-corrected chi connectivity index (χ2v) is 15.7. The number of hydrogen-bond donors (Lipinski definition) is 1. The fourth-order valence-corrected chi connectivity index (χ4v) is 10.9. The molecule has 5 aromatic heterocycles. The first-order valence-corrected chi connectivity index (χ1v) is 17.9. The molecule has 0 spiro atoms. The van der Waals surface area contributed by atoms with Crippen LogP contribution in [-0.4, -0.2) is 11.1 Å². The predicted octanol–water partition coefficient (Wildman–Crippen LogP) is 12.2. The van der Waals surface area contributed by atoms with E-state index in [1.165, 1.54) is 56.4 Å². The summed E-state index contributed by atoms with van der Waals surface area (Å²) in [4.78, 5) is 23.8. The molecule has 212 valence electrons. The molecular weight excluding hydrogens is 625 g/mol. The van der Waals surface area contributed by atoms with Crippen LogP contribution in [-0.2, 0) is 11.2 Å². The summed E-state index contributed by atoms with van der Waals surface area (Å²) < 4.78 is 0. The summed E-state index contributed by atoms with van der Waals surface area (Å²) in [5, 5.41) is 9.67. The molecule has 0 saturated carbocycles. The second kappa shape index (κ2) is 11.8. The van der Waals surface area contributed by atoms with Gasteiger partial charge in [-0.15, -0.1) is 56.7 Å². The Balaban J connectivity index is 1.18. The lowest BCUT2D eigenvalue weighted by Crippen LogP contribution is -1.99. The minimum atomic E-state index is -0.807. The molecule has 1 N–H and O–H groups in total. The molecule has 43 heavy (non-hydrogen) atoms. The predicted molar refractivity (Wildman–Crippen MR) is 189 cm³/mol. The molecule has 2 nitrogen and oxygen atoms in total. The largest absolute Gasteiger partial charge is 0.481 e. The summed E-state index contributed by atoms with van der Waals surface area (Å²) in [5.74, 6) is -0.807. The van der Waals surface area contributed by atoms with Crippen molar-refractivity contribution in [2.45, 2.75) is 20.3 Å². The third-order valence-corrected chi connectivity index (χ3v) is 13.7. The van der Waals surface area contributed by atoms with E-state index in [9.17, 15) is 9.90 Å². The van der Waals surface area contributed by atoms with Crippen molar-refractivity contribution >= 4 is 62.7 Å². The average Bonchev–Trinajstić information content (AvgIpc) is 3.83. The molecule has 0 fully saturated rings. The molecule has 0 unspecified atom stereocenters. The van der Waals surface area contributed by atoms with Crippen molar-refractivity contribution in [2.75, 3.05) is 0 Å². The van der Waals surface area contributed by atoms with Gasteiger partial charge in [0.15, 0.2) is 0 Å². The smallest absolute Gasteiger partial charge is 0.307 e. The number of carboxylic acids is 1. The Morgan fingerprint density at radius 1 is 0.535 bits per heavy atom. The molecule has 0 radical (unpaired) electrons. The lowest BCUT2D eigenvalue weighted by Gasteiger charge is -1.98. The van der Waals surface area contributed by atoms with E-state index in [1.807, 2.05) is 40.9 Å². The van der Waals surface area contributed by atoms with E-state index in [-0.39, 0.29) is 6.42 Å². The number of aryl methyl sites for hydroxylation is 2. The summed E-state index contributed by atoms with van der Waals surface area (Å²) in [6.45, 7) is 4.32. The highest BCUT2D eigenvalue weighted by atomic mass is 32.1. The van der Waals surface area contributed by atoms with E-state index in [4.69, 9.17) is 0 Å². The number of hydrogen-bond acceptors (Lipinski definition) is 6. The number of benzene rings is 2. The first kappa shape index (κ1) is 28.2. The van der Waals surface area contributed by atoms with Crippen LogP contribution in [0.4, 0.5) is 0 Å². The maximum absolute atomic E-state index is 11.8. The van der Waals surface area contributed by atoms with E-state index >= 15 is 0 Å². The van der Waals surface area contributed by atoms with Crippen LogP contribution in [0, 0.1) is 13.8 Å². The van der Waals surface area contributed by atoms with Gasteiger partial charge in [-0.25, -0.2) is 0 Å². The number of carbonyl (C=O) groups is 1. The van der Waals surface area contributed by atoms with Crippen LogP contribution in [0.15, 0.2) is 103 Å². The minimum Gasteiger partial charge on any atom is -0.481 e. The molecule has 7 heteroatoms. The lowest BCUT2D eigenvalue weighted by molar-refractivity contribution is -0.136. The van der Waals surface area contributed by atoms with Crippen LogP contribution >= 0.6 is 56.7 Å². The molecule has 2 aromatic carbocycles. The van der Waals surface area contributed by atoms with Crippen LogP contribution < -0.4 is 0 Å². The van der Waals surface area contributed by atoms with E-state index in [0.717, 1.165) is 20.2 Å². The number of carboxylic acid groups (broad SMARTS) is 1. The highest BCUT2D eigenvalue weighted by Crippen LogP contribution is 2.48. The first-order chi connectivity index (χ1) is 20.9. The standard InChI is InChI=1S/C36H26O2S5/c1-21-8-10-24(11-9-21)27-12-16-30(39-27)35-22(2)18-32(42-35)28-14-15-29(41-28)33-19-25(20-34(37)38)36(43-33)31-17-13-26(40-31)23-6-4-3-5-7-23/h3-19H,20H2,1-2H3,(H,37,38). The fourth-order valence-electron chi connectivity index (χ4n) is 5.05. The molecule has 5 heterocycles. The molecule has 0 saturated heterocycles. The number of aliphatic carboxylic acids is 1. The second-order valence-electron chi connectivity index (χ2n) is 10.4. The van der Waals surface area contributed by atoms with Crippen LogP contribution in [0.5, 0.6) is 0 Å². The van der Waals surface area contributed by atoms with Gasteiger partial charge in [0, 0.05) is 48.8 Å². The van der Waals surface area contributed by atoms with Gasteiger partial charge in [-0.3, -0.25) is 4.79 Å². The maximum Gasteiger partial charge on any atom is 0.307 e. The molecule has 7 rings (SSSR count). The molecule has 0 aliphatic heterocycles. The van der Waals surface area contributed by atoms with E-state index in [0.29, 0.717) is 0 Å². The summed E-state index contributed by atoms with van der Waals surface area (Å²) in [6, 6.07) is 36.6. The molecule has 0 atom stereocenters. The minimum absolute atomic E-state index is 0.0154. The zero-order valence-corrected chi connectivity index (χ0v) is 27.5. The van der Waals surface area contributed by atoms with Crippen molar-refractivity contribution < 1.29 is 9.90 Å². The van der Waals surface area contributed by atoms with Crippen molar-refractivity contribution in [2.24, 2.45) is 0 Å². The highest BCUT2D eigenvalue weighted by Gasteiger charge is 2.19. The van der Waals surface area contributed by atoms with Gasteiger partial charge in [0.25, 0.3) is 0 Å². The van der Waals surface area contributed by atoms with E-state index in [2.05, 4.69) is 98.8 Å². The Hall–Kier alpha value is -3.59. The molecule has 0 aliphatic carbocycles. The van der Waals surface area contributed by atoms with Crippen molar-refractivity contribution in [1.29, 1.82) is 0 Å². The zero-order valence-electron chi connectivity index (χ0n) is 23.4. The van der Waals surface area contributed by atoms with Crippen LogP contribution in [0.3, 0.4) is 0 Å².